The van der Waals surface area contributed by atoms with Crippen molar-refractivity contribution >= 4 is 24.4 Å². The molecule has 1 aliphatic heterocycles. The zero-order valence-corrected chi connectivity index (χ0v) is 23.6. The minimum absolute atomic E-state index is 0.0587. The van der Waals surface area contributed by atoms with Gasteiger partial charge in [0.1, 0.15) is 12.2 Å². The summed E-state index contributed by atoms with van der Waals surface area (Å²) in [5.41, 5.74) is 0. The van der Waals surface area contributed by atoms with Crippen LogP contribution in [0.3, 0.4) is 0 Å². The molecule has 0 aromatic heterocycles. The highest BCUT2D eigenvalue weighted by atomic mass is 32.2. The third-order valence-electron chi connectivity index (χ3n) is 6.34. The molecule has 0 aliphatic carbocycles. The Balaban J connectivity index is 3.23. The van der Waals surface area contributed by atoms with Crippen molar-refractivity contribution < 1.29 is 26.6 Å². The summed E-state index contributed by atoms with van der Waals surface area (Å²) in [4.78, 5) is 12.2. The lowest BCUT2D eigenvalue weighted by atomic mass is 10.0. The van der Waals surface area contributed by atoms with E-state index in [0.29, 0.717) is 12.8 Å². The molecule has 0 aromatic carbocycles. The fourth-order valence-electron chi connectivity index (χ4n) is 3.41. The van der Waals surface area contributed by atoms with E-state index >= 15 is 0 Å². The number of hydrogen-bond acceptors (Lipinski definition) is 6. The van der Waals surface area contributed by atoms with Crippen LogP contribution in [-0.4, -0.2) is 47.3 Å². The number of carbonyl (C=O) groups is 1. The molecule has 6 nitrogen and oxygen atoms in total. The summed E-state index contributed by atoms with van der Waals surface area (Å²) in [6.07, 6.45) is 14.8. The van der Waals surface area contributed by atoms with Crippen molar-refractivity contribution in [3.8, 4) is 0 Å². The molecule has 8 heteroatoms. The molecule has 1 fully saturated rings. The Kier molecular flexibility index (Phi) is 12.6. The van der Waals surface area contributed by atoms with Crippen LogP contribution >= 0.6 is 0 Å². The summed E-state index contributed by atoms with van der Waals surface area (Å²) in [5.74, 6) is -0.178. The molecule has 1 saturated heterocycles. The van der Waals surface area contributed by atoms with Crippen LogP contribution in [0.15, 0.2) is 24.3 Å². The normalized spacial score (nSPS) is 21.8. The van der Waals surface area contributed by atoms with Gasteiger partial charge in [-0.25, -0.2) is 0 Å². The lowest BCUT2D eigenvalue weighted by molar-refractivity contribution is -0.147. The van der Waals surface area contributed by atoms with Crippen molar-refractivity contribution in [3.63, 3.8) is 0 Å². The van der Waals surface area contributed by atoms with Gasteiger partial charge in [-0.05, 0) is 56.3 Å². The van der Waals surface area contributed by atoms with E-state index in [2.05, 4.69) is 33.9 Å². The maximum Gasteiger partial charge on any atom is 0.306 e. The number of allylic oxidation sites excluding steroid dienone is 1. The quantitative estimate of drug-likeness (QED) is 0.151. The second-order valence-corrected chi connectivity index (χ2v) is 16.9. The molecule has 0 N–H and O–H groups in total. The molecule has 33 heavy (non-hydrogen) atoms. The molecule has 192 valence electrons. The van der Waals surface area contributed by atoms with Gasteiger partial charge >= 0.3 is 5.97 Å². The fourth-order valence-corrected chi connectivity index (χ4v) is 5.31. The van der Waals surface area contributed by atoms with Crippen LogP contribution in [0.2, 0.25) is 18.1 Å². The van der Waals surface area contributed by atoms with Gasteiger partial charge in [-0.3, -0.25) is 8.98 Å². The lowest BCUT2D eigenvalue weighted by Crippen LogP contribution is -2.47. The van der Waals surface area contributed by atoms with E-state index in [4.69, 9.17) is 13.3 Å². The molecule has 0 spiro atoms. The molecule has 1 aliphatic rings. The second-order valence-electron chi connectivity index (χ2n) is 10.5. The van der Waals surface area contributed by atoms with E-state index in [1.807, 2.05) is 31.2 Å². The first-order chi connectivity index (χ1) is 15.2. The first-order valence-corrected chi connectivity index (χ1v) is 17.1. The number of hydrogen-bond donors (Lipinski definition) is 0. The van der Waals surface area contributed by atoms with E-state index in [1.54, 1.807) is 0 Å². The summed E-state index contributed by atoms with van der Waals surface area (Å²) in [5, 5.41) is -0.0587. The Morgan fingerprint density at radius 3 is 2.36 bits per heavy atom. The average molecular weight is 503 g/mol. The largest absolute Gasteiger partial charge is 0.458 e. The number of ether oxygens (including phenoxy) is 1. The number of esters is 1. The summed E-state index contributed by atoms with van der Waals surface area (Å²) in [6.45, 7) is 12.7. The zero-order valence-electron chi connectivity index (χ0n) is 21.8. The van der Waals surface area contributed by atoms with Crippen molar-refractivity contribution in [1.82, 2.24) is 0 Å². The monoisotopic (exact) mass is 502 g/mol. The maximum atomic E-state index is 12.2. The van der Waals surface area contributed by atoms with Crippen molar-refractivity contribution in [2.75, 3.05) is 6.26 Å². The predicted molar refractivity (Wildman–Crippen MR) is 137 cm³/mol. The third-order valence-corrected chi connectivity index (χ3v) is 11.4. The fraction of sp³-hybridized carbons (Fsp3) is 0.800. The minimum atomic E-state index is -3.69. The van der Waals surface area contributed by atoms with Gasteiger partial charge in [0.05, 0.1) is 12.4 Å². The van der Waals surface area contributed by atoms with Crippen molar-refractivity contribution in [3.05, 3.63) is 24.3 Å². The standard InChI is InChI=1S/C25H46O6SSi/c1-8-9-13-17-22(30-32(5,27)28)23(31-33(6,7)25(2,3)4)20-19-21-16-14-11-10-12-15-18-24(26)29-21/h9,13,19-23H,8,10-12,14-18H2,1-7H3/b13-9-,20-19+/t21-,22+,23-/m1/s1. The van der Waals surface area contributed by atoms with Gasteiger partial charge in [0, 0.05) is 6.42 Å². The van der Waals surface area contributed by atoms with Crippen LogP contribution in [0.25, 0.3) is 0 Å². The summed E-state index contributed by atoms with van der Waals surface area (Å²) in [7, 11) is -5.93. The van der Waals surface area contributed by atoms with Crippen molar-refractivity contribution in [1.29, 1.82) is 0 Å². The lowest BCUT2D eigenvalue weighted by Gasteiger charge is -2.40. The van der Waals surface area contributed by atoms with Crippen LogP contribution in [0.1, 0.15) is 85.5 Å². The molecular weight excluding hydrogens is 456 g/mol. The van der Waals surface area contributed by atoms with Gasteiger partial charge in [0.25, 0.3) is 10.1 Å². The van der Waals surface area contributed by atoms with Gasteiger partial charge in [-0.2, -0.15) is 8.42 Å². The van der Waals surface area contributed by atoms with Gasteiger partial charge in [0.2, 0.25) is 0 Å². The van der Waals surface area contributed by atoms with E-state index in [1.165, 1.54) is 0 Å². The van der Waals surface area contributed by atoms with Crippen LogP contribution in [0.4, 0.5) is 0 Å². The Morgan fingerprint density at radius 2 is 1.76 bits per heavy atom. The summed E-state index contributed by atoms with van der Waals surface area (Å²) in [6, 6.07) is 0. The van der Waals surface area contributed by atoms with E-state index < -0.39 is 30.6 Å². The number of rotatable bonds is 10. The highest BCUT2D eigenvalue weighted by Crippen LogP contribution is 2.38. The van der Waals surface area contributed by atoms with Crippen LogP contribution < -0.4 is 0 Å². The molecule has 0 saturated carbocycles. The first kappa shape index (κ1) is 30.1. The topological polar surface area (TPSA) is 78.9 Å². The molecule has 3 atom stereocenters. The van der Waals surface area contributed by atoms with Crippen LogP contribution in [0.5, 0.6) is 0 Å². The maximum absolute atomic E-state index is 12.2. The zero-order chi connectivity index (χ0) is 25.1. The molecule has 1 rings (SSSR count). The van der Waals surface area contributed by atoms with Gasteiger partial charge < -0.3 is 9.16 Å². The smallest absolute Gasteiger partial charge is 0.306 e. The molecule has 0 aromatic rings. The Labute approximate surface area is 203 Å². The predicted octanol–water partition coefficient (Wildman–Crippen LogP) is 6.29. The SMILES string of the molecule is CC/C=C\C[C@H](OS(C)(=O)=O)[C@@H](/C=C/[C@H]1CCCCCCCC(=O)O1)O[Si](C)(C)C(C)(C)C. The summed E-state index contributed by atoms with van der Waals surface area (Å²) < 4.78 is 42.0. The highest BCUT2D eigenvalue weighted by molar-refractivity contribution is 7.86. The number of cyclic esters (lactones) is 1. The van der Waals surface area contributed by atoms with E-state index in [-0.39, 0.29) is 17.1 Å². The first-order valence-electron chi connectivity index (χ1n) is 12.3. The third kappa shape index (κ3) is 12.3. The molecule has 1 heterocycles. The van der Waals surface area contributed by atoms with E-state index in [9.17, 15) is 13.2 Å². The van der Waals surface area contributed by atoms with Gasteiger partial charge in [0.15, 0.2) is 8.32 Å². The number of carbonyl (C=O) groups excluding carboxylic acids is 1. The van der Waals surface area contributed by atoms with E-state index in [0.717, 1.165) is 51.2 Å². The molecule has 0 amide bonds. The minimum Gasteiger partial charge on any atom is -0.458 e. The molecular formula is C25H46O6SSi. The average Bonchev–Trinajstić information content (AvgIpc) is 2.67. The van der Waals surface area contributed by atoms with Crippen molar-refractivity contribution in [2.24, 2.45) is 0 Å². The second kappa shape index (κ2) is 13.8. The molecule has 0 unspecified atom stereocenters. The Hall–Kier alpha value is -0.963. The molecule has 0 radical (unpaired) electrons. The van der Waals surface area contributed by atoms with Crippen LogP contribution in [-0.2, 0) is 28.3 Å². The van der Waals surface area contributed by atoms with Crippen LogP contribution in [0, 0.1) is 0 Å². The van der Waals surface area contributed by atoms with Gasteiger partial charge in [-0.1, -0.05) is 65.2 Å². The van der Waals surface area contributed by atoms with Crippen molar-refractivity contribution in [2.45, 2.75) is 122 Å². The van der Waals surface area contributed by atoms with Gasteiger partial charge in [-0.15, -0.1) is 0 Å². The Morgan fingerprint density at radius 1 is 1.12 bits per heavy atom. The highest BCUT2D eigenvalue weighted by Gasteiger charge is 2.41. The molecule has 0 bridgehead atoms. The summed E-state index contributed by atoms with van der Waals surface area (Å²) >= 11 is 0. The Bertz CT molecular complexity index is 751.